The fourth-order valence-corrected chi connectivity index (χ4v) is 4.11. The highest BCUT2D eigenvalue weighted by Gasteiger charge is 2.69. The maximum Gasteiger partial charge on any atom is 0.317 e. The normalized spacial score (nSPS) is 39.7. The van der Waals surface area contributed by atoms with E-state index < -0.39 is 0 Å². The summed E-state index contributed by atoms with van der Waals surface area (Å²) in [6.07, 6.45) is 3.04. The van der Waals surface area contributed by atoms with Gasteiger partial charge in [0.1, 0.15) is 11.4 Å². The van der Waals surface area contributed by atoms with Crippen LogP contribution in [0.3, 0.4) is 0 Å². The van der Waals surface area contributed by atoms with Crippen LogP contribution < -0.4 is 0 Å². The van der Waals surface area contributed by atoms with Gasteiger partial charge in [-0.1, -0.05) is 30.3 Å². The number of carbonyl (C=O) groups is 1. The monoisotopic (exact) mass is 256 g/mol. The van der Waals surface area contributed by atoms with Crippen molar-refractivity contribution < 1.29 is 14.3 Å². The molecule has 4 atom stereocenters. The Kier molecular flexibility index (Phi) is 2.19. The van der Waals surface area contributed by atoms with E-state index in [2.05, 4.69) is 12.1 Å². The number of carbonyl (C=O) groups excluding carboxylic acids is 1. The Labute approximate surface area is 112 Å². The maximum absolute atomic E-state index is 12.2. The Morgan fingerprint density at radius 1 is 1.26 bits per heavy atom. The van der Waals surface area contributed by atoms with Crippen LogP contribution >= 0.6 is 0 Å². The minimum Gasteiger partial charge on any atom is -0.431 e. The second-order valence-electron chi connectivity index (χ2n) is 5.69. The van der Waals surface area contributed by atoms with Crippen molar-refractivity contribution in [1.82, 2.24) is 0 Å². The number of ether oxygens (including phenoxy) is 2. The molecular formula is C16H16O3. The standard InChI is InChI=1S/C16H16O3/c1-10-9-16-12(7-8-18-16)13(14(16)15(17)19-10)11-5-3-2-4-6-11/h2-6,9,12-14H,7-8H2,1H3/t12-,13-,14+,16-/m0/s1. The fourth-order valence-electron chi connectivity index (χ4n) is 4.11. The zero-order chi connectivity index (χ0) is 13.0. The van der Waals surface area contributed by atoms with Gasteiger partial charge in [0.2, 0.25) is 0 Å². The van der Waals surface area contributed by atoms with Crippen LogP contribution in [-0.2, 0) is 14.3 Å². The Balaban J connectivity index is 1.79. The summed E-state index contributed by atoms with van der Waals surface area (Å²) in [7, 11) is 0. The molecule has 2 aliphatic heterocycles. The lowest BCUT2D eigenvalue weighted by molar-refractivity contribution is -0.182. The van der Waals surface area contributed by atoms with Crippen molar-refractivity contribution in [2.24, 2.45) is 11.8 Å². The highest BCUT2D eigenvalue weighted by Crippen LogP contribution is 2.63. The van der Waals surface area contributed by atoms with Crippen LogP contribution in [0.15, 0.2) is 42.2 Å². The number of esters is 1. The minimum atomic E-state index is -0.389. The summed E-state index contributed by atoms with van der Waals surface area (Å²) in [6.45, 7) is 2.57. The van der Waals surface area contributed by atoms with Crippen LogP contribution in [0.4, 0.5) is 0 Å². The first kappa shape index (κ1) is 11.2. The van der Waals surface area contributed by atoms with E-state index in [0.29, 0.717) is 11.7 Å². The summed E-state index contributed by atoms with van der Waals surface area (Å²) >= 11 is 0. The summed E-state index contributed by atoms with van der Waals surface area (Å²) in [5, 5.41) is 0. The van der Waals surface area contributed by atoms with Gasteiger partial charge in [-0.25, -0.2) is 0 Å². The van der Waals surface area contributed by atoms with Crippen molar-refractivity contribution in [2.75, 3.05) is 6.61 Å². The van der Waals surface area contributed by atoms with E-state index in [-0.39, 0.29) is 23.4 Å². The van der Waals surface area contributed by atoms with E-state index in [0.717, 1.165) is 13.0 Å². The van der Waals surface area contributed by atoms with Gasteiger partial charge in [-0.05, 0) is 25.0 Å². The van der Waals surface area contributed by atoms with Crippen molar-refractivity contribution in [2.45, 2.75) is 24.9 Å². The van der Waals surface area contributed by atoms with Crippen molar-refractivity contribution >= 4 is 5.97 Å². The Morgan fingerprint density at radius 3 is 2.84 bits per heavy atom. The number of cyclic esters (lactones) is 1. The lowest BCUT2D eigenvalue weighted by Crippen LogP contribution is -2.63. The van der Waals surface area contributed by atoms with E-state index in [1.807, 2.05) is 31.2 Å². The largest absolute Gasteiger partial charge is 0.431 e. The summed E-state index contributed by atoms with van der Waals surface area (Å²) < 4.78 is 11.3. The first-order chi connectivity index (χ1) is 9.22. The number of rotatable bonds is 1. The summed E-state index contributed by atoms with van der Waals surface area (Å²) in [5.74, 6) is 1.01. The highest BCUT2D eigenvalue weighted by molar-refractivity contribution is 5.81. The van der Waals surface area contributed by atoms with Gasteiger partial charge in [0.15, 0.2) is 0 Å². The van der Waals surface area contributed by atoms with Crippen LogP contribution in [-0.4, -0.2) is 18.2 Å². The molecule has 1 spiro atoms. The van der Waals surface area contributed by atoms with E-state index in [1.54, 1.807) is 0 Å². The second-order valence-corrected chi connectivity index (χ2v) is 5.69. The molecule has 3 nitrogen and oxygen atoms in total. The van der Waals surface area contributed by atoms with E-state index in [1.165, 1.54) is 5.56 Å². The SMILES string of the molecule is CC1=C[C@]23OCC[C@H]2[C@H](c2ccccc2)[C@@H]3C(=O)O1. The molecular weight excluding hydrogens is 240 g/mol. The smallest absolute Gasteiger partial charge is 0.317 e. The molecule has 0 radical (unpaired) electrons. The molecule has 0 bridgehead atoms. The zero-order valence-electron chi connectivity index (χ0n) is 10.8. The van der Waals surface area contributed by atoms with Gasteiger partial charge in [-0.15, -0.1) is 0 Å². The molecule has 98 valence electrons. The third-order valence-corrected chi connectivity index (χ3v) is 4.77. The van der Waals surface area contributed by atoms with E-state index in [9.17, 15) is 4.79 Å². The summed E-state index contributed by atoms with van der Waals surface area (Å²) in [6, 6.07) is 10.3. The van der Waals surface area contributed by atoms with Crippen LogP contribution in [0.25, 0.3) is 0 Å². The third-order valence-electron chi connectivity index (χ3n) is 4.77. The van der Waals surface area contributed by atoms with Crippen molar-refractivity contribution in [3.8, 4) is 0 Å². The fraction of sp³-hybridized carbons (Fsp3) is 0.438. The number of allylic oxidation sites excluding steroid dienone is 1. The average Bonchev–Trinajstić information content (AvgIpc) is 2.69. The molecule has 1 aromatic rings. The molecule has 0 aromatic heterocycles. The lowest BCUT2D eigenvalue weighted by atomic mass is 9.51. The molecule has 1 saturated heterocycles. The van der Waals surface area contributed by atoms with Gasteiger partial charge >= 0.3 is 5.97 Å². The molecule has 1 aliphatic carbocycles. The Hall–Kier alpha value is -1.61. The molecule has 0 amide bonds. The number of hydrogen-bond acceptors (Lipinski definition) is 3. The Morgan fingerprint density at radius 2 is 2.05 bits per heavy atom. The van der Waals surface area contributed by atoms with Crippen molar-refractivity contribution in [3.05, 3.63) is 47.7 Å². The van der Waals surface area contributed by atoms with Gasteiger partial charge in [-0.2, -0.15) is 0 Å². The van der Waals surface area contributed by atoms with Crippen LogP contribution in [0.1, 0.15) is 24.8 Å². The molecule has 1 saturated carbocycles. The molecule has 0 N–H and O–H groups in total. The predicted octanol–water partition coefficient (Wildman–Crippen LogP) is 2.64. The predicted molar refractivity (Wildman–Crippen MR) is 69.3 cm³/mol. The first-order valence-corrected chi connectivity index (χ1v) is 6.82. The quantitative estimate of drug-likeness (QED) is 0.725. The van der Waals surface area contributed by atoms with Crippen LogP contribution in [0, 0.1) is 11.8 Å². The van der Waals surface area contributed by atoms with Gasteiger partial charge in [-0.3, -0.25) is 4.79 Å². The van der Waals surface area contributed by atoms with Crippen molar-refractivity contribution in [3.63, 3.8) is 0 Å². The molecule has 3 heteroatoms. The zero-order valence-corrected chi connectivity index (χ0v) is 10.8. The van der Waals surface area contributed by atoms with E-state index in [4.69, 9.17) is 9.47 Å². The van der Waals surface area contributed by atoms with E-state index >= 15 is 0 Å². The molecule has 3 aliphatic rings. The average molecular weight is 256 g/mol. The third kappa shape index (κ3) is 1.34. The van der Waals surface area contributed by atoms with Gasteiger partial charge in [0.25, 0.3) is 0 Å². The summed E-state index contributed by atoms with van der Waals surface area (Å²) in [5.41, 5.74) is 0.837. The molecule has 0 unspecified atom stereocenters. The molecule has 2 fully saturated rings. The maximum atomic E-state index is 12.2. The van der Waals surface area contributed by atoms with Crippen molar-refractivity contribution in [1.29, 1.82) is 0 Å². The minimum absolute atomic E-state index is 0.132. The Bertz CT molecular complexity index is 563. The second kappa shape index (κ2) is 3.70. The molecule has 19 heavy (non-hydrogen) atoms. The number of hydrogen-bond donors (Lipinski definition) is 0. The topological polar surface area (TPSA) is 35.5 Å². The van der Waals surface area contributed by atoms with Crippen LogP contribution in [0.5, 0.6) is 0 Å². The molecule has 4 rings (SSSR count). The first-order valence-electron chi connectivity index (χ1n) is 6.82. The summed E-state index contributed by atoms with van der Waals surface area (Å²) in [4.78, 5) is 12.2. The van der Waals surface area contributed by atoms with Gasteiger partial charge < -0.3 is 9.47 Å². The molecule has 2 heterocycles. The van der Waals surface area contributed by atoms with Gasteiger partial charge in [0.05, 0.1) is 5.92 Å². The number of benzene rings is 1. The van der Waals surface area contributed by atoms with Crippen LogP contribution in [0.2, 0.25) is 0 Å². The molecule has 1 aromatic carbocycles. The van der Waals surface area contributed by atoms with Gasteiger partial charge in [0, 0.05) is 18.4 Å². The lowest BCUT2D eigenvalue weighted by Gasteiger charge is -2.56. The highest BCUT2D eigenvalue weighted by atomic mass is 16.6.